The third-order valence-electron chi connectivity index (χ3n) is 3.17. The molecule has 1 aromatic rings. The van der Waals surface area contributed by atoms with E-state index in [2.05, 4.69) is 17.1 Å². The van der Waals surface area contributed by atoms with Gasteiger partial charge >= 0.3 is 0 Å². The number of ketones is 1. The van der Waals surface area contributed by atoms with E-state index in [1.54, 1.807) is 0 Å². The fourth-order valence-electron chi connectivity index (χ4n) is 1.41. The van der Waals surface area contributed by atoms with Gasteiger partial charge in [0.15, 0.2) is 0 Å². The van der Waals surface area contributed by atoms with Crippen LogP contribution in [0.3, 0.4) is 0 Å². The maximum atomic E-state index is 11.8. The second-order valence-electron chi connectivity index (χ2n) is 5.11. The first-order chi connectivity index (χ1) is 7.44. The number of hydrogen-bond donors (Lipinski definition) is 1. The first-order valence-electron chi connectivity index (χ1n) is 5.58. The Kier molecular flexibility index (Phi) is 2.58. The maximum absolute atomic E-state index is 11.8. The highest BCUT2D eigenvalue weighted by atomic mass is 16.4. The zero-order valence-corrected chi connectivity index (χ0v) is 9.86. The molecule has 0 aromatic carbocycles. The lowest BCUT2D eigenvalue weighted by molar-refractivity contribution is 0.0903. The summed E-state index contributed by atoms with van der Waals surface area (Å²) in [5.74, 6) is 0.411. The lowest BCUT2D eigenvalue weighted by Crippen LogP contribution is -2.35. The van der Waals surface area contributed by atoms with Crippen LogP contribution >= 0.6 is 0 Å². The van der Waals surface area contributed by atoms with E-state index in [0.717, 1.165) is 12.8 Å². The van der Waals surface area contributed by atoms with Crippen LogP contribution in [0.15, 0.2) is 4.42 Å². The summed E-state index contributed by atoms with van der Waals surface area (Å²) in [5.41, 5.74) is 5.74. The number of nitrogens with zero attached hydrogens (tertiary/aromatic N) is 2. The van der Waals surface area contributed by atoms with Crippen LogP contribution in [0.1, 0.15) is 50.2 Å². The molecule has 2 rings (SSSR count). The Morgan fingerprint density at radius 2 is 2.06 bits per heavy atom. The number of hydrogen-bond acceptors (Lipinski definition) is 5. The summed E-state index contributed by atoms with van der Waals surface area (Å²) in [6.45, 7) is 5.83. The monoisotopic (exact) mass is 223 g/mol. The Balaban J connectivity index is 2.16. The summed E-state index contributed by atoms with van der Waals surface area (Å²) in [6.07, 6.45) is 2.08. The molecule has 1 heterocycles. The molecule has 0 radical (unpaired) electrons. The predicted molar refractivity (Wildman–Crippen MR) is 58.0 cm³/mol. The Morgan fingerprint density at radius 1 is 1.44 bits per heavy atom. The quantitative estimate of drug-likeness (QED) is 0.778. The summed E-state index contributed by atoms with van der Waals surface area (Å²) in [6, 6.07) is -0.569. The average molecular weight is 223 g/mol. The van der Waals surface area contributed by atoms with E-state index in [1.165, 1.54) is 0 Å². The third-order valence-corrected chi connectivity index (χ3v) is 3.17. The van der Waals surface area contributed by atoms with Gasteiger partial charge in [-0.3, -0.25) is 4.79 Å². The Hall–Kier alpha value is -1.23. The van der Waals surface area contributed by atoms with Gasteiger partial charge in [-0.1, -0.05) is 20.8 Å². The summed E-state index contributed by atoms with van der Waals surface area (Å²) >= 11 is 0. The molecular weight excluding hydrogens is 206 g/mol. The van der Waals surface area contributed by atoms with Crippen LogP contribution in [0.5, 0.6) is 0 Å². The number of aromatic nitrogens is 2. The number of carbonyl (C=O) groups is 1. The number of rotatable bonds is 4. The van der Waals surface area contributed by atoms with Gasteiger partial charge in [0.25, 0.3) is 5.89 Å². The number of Topliss-reactive ketones (excluding diaryl/α,β-unsaturated/α-hetero) is 1. The minimum absolute atomic E-state index is 0.00649. The summed E-state index contributed by atoms with van der Waals surface area (Å²) in [7, 11) is 0. The molecule has 88 valence electrons. The van der Waals surface area contributed by atoms with E-state index in [9.17, 15) is 4.79 Å². The molecule has 0 saturated heterocycles. The van der Waals surface area contributed by atoms with E-state index in [4.69, 9.17) is 10.2 Å². The minimum Gasteiger partial charge on any atom is -0.418 e. The SMILES string of the molecule is CC(C)C(N)C(=O)c1nnc(C2(C)CC2)o1. The zero-order chi connectivity index (χ0) is 11.9. The van der Waals surface area contributed by atoms with Gasteiger partial charge in [0, 0.05) is 5.41 Å². The summed E-state index contributed by atoms with van der Waals surface area (Å²) in [4.78, 5) is 11.8. The maximum Gasteiger partial charge on any atom is 0.285 e. The normalized spacial score (nSPS) is 19.8. The largest absolute Gasteiger partial charge is 0.418 e. The molecule has 5 nitrogen and oxygen atoms in total. The van der Waals surface area contributed by atoms with Crippen LogP contribution in [-0.2, 0) is 5.41 Å². The van der Waals surface area contributed by atoms with Crippen molar-refractivity contribution in [3.63, 3.8) is 0 Å². The van der Waals surface area contributed by atoms with Gasteiger partial charge in [0.1, 0.15) is 0 Å². The molecule has 5 heteroatoms. The number of nitrogens with two attached hydrogens (primary N) is 1. The molecule has 1 aromatic heterocycles. The molecule has 16 heavy (non-hydrogen) atoms. The lowest BCUT2D eigenvalue weighted by atomic mass is 10.0. The molecule has 0 spiro atoms. The van der Waals surface area contributed by atoms with E-state index < -0.39 is 6.04 Å². The molecule has 1 saturated carbocycles. The molecule has 1 aliphatic carbocycles. The van der Waals surface area contributed by atoms with Crippen molar-refractivity contribution in [3.05, 3.63) is 11.8 Å². The van der Waals surface area contributed by atoms with Gasteiger partial charge in [0.2, 0.25) is 11.7 Å². The van der Waals surface area contributed by atoms with Gasteiger partial charge in [-0.2, -0.15) is 0 Å². The van der Waals surface area contributed by atoms with Gasteiger partial charge in [0.05, 0.1) is 6.04 Å². The molecule has 2 N–H and O–H groups in total. The molecule has 0 aliphatic heterocycles. The third kappa shape index (κ3) is 1.87. The van der Waals surface area contributed by atoms with Crippen LogP contribution < -0.4 is 5.73 Å². The van der Waals surface area contributed by atoms with Gasteiger partial charge < -0.3 is 10.2 Å². The smallest absolute Gasteiger partial charge is 0.285 e. The molecule has 1 atom stereocenters. The van der Waals surface area contributed by atoms with Crippen LogP contribution in [0.2, 0.25) is 0 Å². The van der Waals surface area contributed by atoms with Crippen LogP contribution in [0, 0.1) is 5.92 Å². The fourth-order valence-corrected chi connectivity index (χ4v) is 1.41. The van der Waals surface area contributed by atoms with E-state index in [1.807, 2.05) is 13.8 Å². The first-order valence-corrected chi connectivity index (χ1v) is 5.58. The Labute approximate surface area is 94.4 Å². The summed E-state index contributed by atoms with van der Waals surface area (Å²) < 4.78 is 5.39. The topological polar surface area (TPSA) is 82.0 Å². The van der Waals surface area contributed by atoms with Crippen molar-refractivity contribution in [2.45, 2.75) is 45.1 Å². The van der Waals surface area contributed by atoms with Gasteiger partial charge in [-0.25, -0.2) is 0 Å². The highest BCUT2D eigenvalue weighted by Crippen LogP contribution is 2.46. The lowest BCUT2D eigenvalue weighted by Gasteiger charge is -2.10. The number of carbonyl (C=O) groups excluding carboxylic acids is 1. The van der Waals surface area contributed by atoms with E-state index in [0.29, 0.717) is 5.89 Å². The van der Waals surface area contributed by atoms with Crippen LogP contribution in [-0.4, -0.2) is 22.0 Å². The second-order valence-corrected chi connectivity index (χ2v) is 5.11. The minimum atomic E-state index is -0.569. The van der Waals surface area contributed by atoms with Gasteiger partial charge in [-0.05, 0) is 18.8 Å². The Bertz CT molecular complexity index is 407. The van der Waals surface area contributed by atoms with Crippen molar-refractivity contribution in [2.75, 3.05) is 0 Å². The van der Waals surface area contributed by atoms with Crippen molar-refractivity contribution in [3.8, 4) is 0 Å². The first kappa shape index (κ1) is 11.3. The fraction of sp³-hybridized carbons (Fsp3) is 0.727. The van der Waals surface area contributed by atoms with Crippen LogP contribution in [0.4, 0.5) is 0 Å². The average Bonchev–Trinajstić information content (AvgIpc) is 2.83. The van der Waals surface area contributed by atoms with E-state index in [-0.39, 0.29) is 23.0 Å². The Morgan fingerprint density at radius 3 is 2.56 bits per heavy atom. The van der Waals surface area contributed by atoms with Crippen LogP contribution in [0.25, 0.3) is 0 Å². The molecule has 1 aliphatic rings. The molecular formula is C11H17N3O2. The standard InChI is InChI=1S/C11H17N3O2/c1-6(2)7(12)8(15)9-13-14-10(16-9)11(3)4-5-11/h6-7H,4-5,12H2,1-3H3. The van der Waals surface area contributed by atoms with Crippen molar-refractivity contribution < 1.29 is 9.21 Å². The summed E-state index contributed by atoms with van der Waals surface area (Å²) in [5, 5.41) is 7.70. The highest BCUT2D eigenvalue weighted by Gasteiger charge is 2.44. The van der Waals surface area contributed by atoms with Crippen molar-refractivity contribution >= 4 is 5.78 Å². The second kappa shape index (κ2) is 3.66. The van der Waals surface area contributed by atoms with Crippen molar-refractivity contribution in [2.24, 2.45) is 11.7 Å². The highest BCUT2D eigenvalue weighted by molar-refractivity contribution is 5.96. The zero-order valence-electron chi connectivity index (χ0n) is 9.86. The molecule has 1 fully saturated rings. The molecule has 0 amide bonds. The predicted octanol–water partition coefficient (Wildman–Crippen LogP) is 1.29. The van der Waals surface area contributed by atoms with Crippen molar-refractivity contribution in [1.29, 1.82) is 0 Å². The van der Waals surface area contributed by atoms with Crippen molar-refractivity contribution in [1.82, 2.24) is 10.2 Å². The van der Waals surface area contributed by atoms with E-state index >= 15 is 0 Å². The molecule has 1 unspecified atom stereocenters. The molecule has 0 bridgehead atoms. The van der Waals surface area contributed by atoms with Gasteiger partial charge in [-0.15, -0.1) is 10.2 Å².